The van der Waals surface area contributed by atoms with Gasteiger partial charge in [-0.3, -0.25) is 0 Å². The second-order valence-corrected chi connectivity index (χ2v) is 4.91. The van der Waals surface area contributed by atoms with E-state index >= 15 is 0 Å². The van der Waals surface area contributed by atoms with Gasteiger partial charge in [0, 0.05) is 12.1 Å². The first-order valence-corrected chi connectivity index (χ1v) is 5.86. The van der Waals surface area contributed by atoms with Crippen LogP contribution in [0, 0.1) is 5.82 Å². The van der Waals surface area contributed by atoms with E-state index in [2.05, 4.69) is 4.98 Å². The third kappa shape index (κ3) is 1.79. The molecule has 1 aromatic heterocycles. The lowest BCUT2D eigenvalue weighted by Gasteiger charge is -1.94. The Morgan fingerprint density at radius 1 is 1.20 bits per heavy atom. The predicted molar refractivity (Wildman–Crippen MR) is 59.5 cm³/mol. The normalized spacial score (nSPS) is 15.5. The van der Waals surface area contributed by atoms with Crippen LogP contribution in [-0.4, -0.2) is 4.98 Å². The first-order valence-electron chi connectivity index (χ1n) is 5.04. The van der Waals surface area contributed by atoms with Crippen molar-refractivity contribution in [2.24, 2.45) is 0 Å². The summed E-state index contributed by atoms with van der Waals surface area (Å²) in [4.78, 5) is 5.54. The molecule has 0 saturated heterocycles. The SMILES string of the molecule is Fc1ccc(-c2cnc(C3CC3)s2)cc1. The Kier molecular flexibility index (Phi) is 2.06. The van der Waals surface area contributed by atoms with Gasteiger partial charge in [-0.05, 0) is 30.5 Å². The monoisotopic (exact) mass is 219 g/mol. The number of halogens is 1. The Labute approximate surface area is 91.6 Å². The van der Waals surface area contributed by atoms with E-state index in [1.165, 1.54) is 30.0 Å². The van der Waals surface area contributed by atoms with Crippen molar-refractivity contribution in [1.29, 1.82) is 0 Å². The van der Waals surface area contributed by atoms with Crippen LogP contribution in [0.3, 0.4) is 0 Å². The van der Waals surface area contributed by atoms with Gasteiger partial charge in [0.2, 0.25) is 0 Å². The minimum Gasteiger partial charge on any atom is -0.249 e. The van der Waals surface area contributed by atoms with Crippen LogP contribution in [0.5, 0.6) is 0 Å². The highest BCUT2D eigenvalue weighted by molar-refractivity contribution is 7.15. The molecule has 0 spiro atoms. The van der Waals surface area contributed by atoms with E-state index in [0.29, 0.717) is 5.92 Å². The molecule has 1 fully saturated rings. The van der Waals surface area contributed by atoms with Gasteiger partial charge in [-0.1, -0.05) is 12.1 Å². The van der Waals surface area contributed by atoms with Crippen LogP contribution in [0.4, 0.5) is 4.39 Å². The third-order valence-corrected chi connectivity index (χ3v) is 3.79. The molecule has 1 heterocycles. The molecule has 1 nitrogen and oxygen atoms in total. The van der Waals surface area contributed by atoms with E-state index in [1.54, 1.807) is 23.5 Å². The molecule has 1 aliphatic rings. The largest absolute Gasteiger partial charge is 0.249 e. The number of benzene rings is 1. The Bertz CT molecular complexity index is 471. The van der Waals surface area contributed by atoms with Gasteiger partial charge in [0.15, 0.2) is 0 Å². The average molecular weight is 219 g/mol. The van der Waals surface area contributed by atoms with Crippen molar-refractivity contribution in [3.05, 3.63) is 41.3 Å². The molecular formula is C12H10FNS. The number of hydrogen-bond acceptors (Lipinski definition) is 2. The summed E-state index contributed by atoms with van der Waals surface area (Å²) >= 11 is 1.73. The zero-order valence-electron chi connectivity index (χ0n) is 8.11. The van der Waals surface area contributed by atoms with Crippen molar-refractivity contribution >= 4 is 11.3 Å². The molecule has 1 aliphatic carbocycles. The van der Waals surface area contributed by atoms with Gasteiger partial charge in [0.1, 0.15) is 5.82 Å². The maximum Gasteiger partial charge on any atom is 0.123 e. The van der Waals surface area contributed by atoms with Gasteiger partial charge < -0.3 is 0 Å². The maximum atomic E-state index is 12.7. The Morgan fingerprint density at radius 3 is 2.60 bits per heavy atom. The molecule has 1 saturated carbocycles. The molecule has 15 heavy (non-hydrogen) atoms. The summed E-state index contributed by atoms with van der Waals surface area (Å²) in [5.41, 5.74) is 1.06. The van der Waals surface area contributed by atoms with E-state index in [0.717, 1.165) is 10.4 Å². The quantitative estimate of drug-likeness (QED) is 0.748. The molecule has 76 valence electrons. The lowest BCUT2D eigenvalue weighted by Crippen LogP contribution is -1.73. The molecule has 3 heteroatoms. The number of thiazole rings is 1. The van der Waals surface area contributed by atoms with Gasteiger partial charge in [-0.25, -0.2) is 9.37 Å². The lowest BCUT2D eigenvalue weighted by atomic mass is 10.2. The maximum absolute atomic E-state index is 12.7. The molecule has 3 rings (SSSR count). The summed E-state index contributed by atoms with van der Waals surface area (Å²) in [5.74, 6) is 0.509. The molecule has 2 aromatic rings. The van der Waals surface area contributed by atoms with Crippen molar-refractivity contribution in [3.63, 3.8) is 0 Å². The number of nitrogens with zero attached hydrogens (tertiary/aromatic N) is 1. The Balaban J connectivity index is 1.93. The van der Waals surface area contributed by atoms with Gasteiger partial charge >= 0.3 is 0 Å². The van der Waals surface area contributed by atoms with Gasteiger partial charge in [-0.15, -0.1) is 11.3 Å². The van der Waals surface area contributed by atoms with Crippen LogP contribution in [-0.2, 0) is 0 Å². The molecule has 1 aromatic carbocycles. The van der Waals surface area contributed by atoms with E-state index in [-0.39, 0.29) is 5.82 Å². The first-order chi connectivity index (χ1) is 7.33. The van der Waals surface area contributed by atoms with Gasteiger partial charge in [0.05, 0.1) is 9.88 Å². The summed E-state index contributed by atoms with van der Waals surface area (Å²) < 4.78 is 12.7. The summed E-state index contributed by atoms with van der Waals surface area (Å²) in [6.07, 6.45) is 4.44. The first kappa shape index (κ1) is 9.04. The Morgan fingerprint density at radius 2 is 1.93 bits per heavy atom. The molecule has 0 amide bonds. The van der Waals surface area contributed by atoms with Crippen molar-refractivity contribution < 1.29 is 4.39 Å². The number of hydrogen-bond donors (Lipinski definition) is 0. The molecular weight excluding hydrogens is 209 g/mol. The van der Waals surface area contributed by atoms with E-state index in [1.807, 2.05) is 6.20 Å². The zero-order chi connectivity index (χ0) is 10.3. The van der Waals surface area contributed by atoms with Crippen LogP contribution in [0.25, 0.3) is 10.4 Å². The van der Waals surface area contributed by atoms with Crippen LogP contribution in [0.1, 0.15) is 23.8 Å². The van der Waals surface area contributed by atoms with Gasteiger partial charge in [0.25, 0.3) is 0 Å². The standard InChI is InChI=1S/C12H10FNS/c13-10-5-3-8(4-6-10)11-7-14-12(15-11)9-1-2-9/h3-7,9H,1-2H2. The fourth-order valence-electron chi connectivity index (χ4n) is 1.55. The van der Waals surface area contributed by atoms with Crippen LogP contribution in [0.2, 0.25) is 0 Å². The summed E-state index contributed by atoms with van der Waals surface area (Å²) in [7, 11) is 0. The van der Waals surface area contributed by atoms with Gasteiger partial charge in [-0.2, -0.15) is 0 Å². The van der Waals surface area contributed by atoms with E-state index in [9.17, 15) is 4.39 Å². The zero-order valence-corrected chi connectivity index (χ0v) is 8.93. The fraction of sp³-hybridized carbons (Fsp3) is 0.250. The van der Waals surface area contributed by atoms with Crippen molar-refractivity contribution in [1.82, 2.24) is 4.98 Å². The predicted octanol–water partition coefficient (Wildman–Crippen LogP) is 3.83. The molecule has 0 atom stereocenters. The van der Waals surface area contributed by atoms with Crippen LogP contribution >= 0.6 is 11.3 Å². The van der Waals surface area contributed by atoms with Crippen molar-refractivity contribution in [3.8, 4) is 10.4 Å². The topological polar surface area (TPSA) is 12.9 Å². The Hall–Kier alpha value is -1.22. The highest BCUT2D eigenvalue weighted by Crippen LogP contribution is 2.43. The lowest BCUT2D eigenvalue weighted by molar-refractivity contribution is 0.628. The molecule has 0 radical (unpaired) electrons. The van der Waals surface area contributed by atoms with Crippen LogP contribution < -0.4 is 0 Å². The minimum absolute atomic E-state index is 0.189. The smallest absolute Gasteiger partial charge is 0.123 e. The molecule has 0 unspecified atom stereocenters. The fourth-order valence-corrected chi connectivity index (χ4v) is 2.65. The molecule has 0 N–H and O–H groups in total. The van der Waals surface area contributed by atoms with Crippen molar-refractivity contribution in [2.75, 3.05) is 0 Å². The van der Waals surface area contributed by atoms with E-state index < -0.39 is 0 Å². The van der Waals surface area contributed by atoms with Crippen LogP contribution in [0.15, 0.2) is 30.5 Å². The summed E-state index contributed by atoms with van der Waals surface area (Å²) in [6, 6.07) is 6.59. The van der Waals surface area contributed by atoms with E-state index in [4.69, 9.17) is 0 Å². The third-order valence-electron chi connectivity index (χ3n) is 2.58. The molecule has 0 bridgehead atoms. The molecule has 0 aliphatic heterocycles. The summed E-state index contributed by atoms with van der Waals surface area (Å²) in [5, 5.41) is 1.23. The van der Waals surface area contributed by atoms with Crippen molar-refractivity contribution in [2.45, 2.75) is 18.8 Å². The summed E-state index contributed by atoms with van der Waals surface area (Å²) in [6.45, 7) is 0. The highest BCUT2D eigenvalue weighted by atomic mass is 32.1. The number of aromatic nitrogens is 1. The second kappa shape index (κ2) is 3.42. The minimum atomic E-state index is -0.189. The second-order valence-electron chi connectivity index (χ2n) is 3.84. The average Bonchev–Trinajstić information content (AvgIpc) is 2.99. The highest BCUT2D eigenvalue weighted by Gasteiger charge is 2.26. The number of rotatable bonds is 2.